The van der Waals surface area contributed by atoms with Crippen LogP contribution >= 0.6 is 0 Å². The van der Waals surface area contributed by atoms with Crippen LogP contribution in [0.15, 0.2) is 376 Å². The summed E-state index contributed by atoms with van der Waals surface area (Å²) in [5.41, 5.74) is 25.8. The topological polar surface area (TPSA) is 19.6 Å². The summed E-state index contributed by atoms with van der Waals surface area (Å²) in [6, 6.07) is 114. The lowest BCUT2D eigenvalue weighted by molar-refractivity contribution is 0.590. The number of fused-ring (bicyclic) bond motifs is 10. The predicted molar refractivity (Wildman–Crippen MR) is 468 cm³/mol. The smallest absolute Gasteiger partial charge is 0.252 e. The Balaban J connectivity index is 0.963. The molecule has 2 aliphatic heterocycles. The molecular weight excluding hydrogens is 1330 g/mol. The van der Waals surface area contributed by atoms with Crippen LogP contribution in [0.1, 0.15) is 63.6 Å². The van der Waals surface area contributed by atoms with Crippen LogP contribution in [-0.2, 0) is 10.8 Å². The molecule has 4 heterocycles. The molecule has 110 heavy (non-hydrogen) atoms. The van der Waals surface area contributed by atoms with Crippen LogP contribution < -0.4 is 31.1 Å². The Morgan fingerprint density at radius 1 is 0.282 bits per heavy atom. The first-order chi connectivity index (χ1) is 57.2. The number of nitrogens with zero attached hydrogens (tertiary/aromatic N) is 5. The molecule has 2 aromatic heterocycles. The number of anilines is 9. The van der Waals surface area contributed by atoms with Crippen molar-refractivity contribution in [1.82, 2.24) is 9.13 Å². The van der Waals surface area contributed by atoms with Gasteiger partial charge in [-0.15, -0.1) is 0 Å². The number of aromatic nitrogens is 2. The molecule has 6 heteroatoms. The van der Waals surface area contributed by atoms with Crippen LogP contribution in [0.2, 0.25) is 0 Å². The summed E-state index contributed by atoms with van der Waals surface area (Å²) < 4.78 is 82.1. The average molecular weight is 1420 g/mol. The van der Waals surface area contributed by atoms with Gasteiger partial charge in [-0.1, -0.05) is 296 Å². The minimum atomic E-state index is -0.538. The molecule has 5 nitrogen and oxygen atoms in total. The summed E-state index contributed by atoms with van der Waals surface area (Å²) >= 11 is 0. The van der Waals surface area contributed by atoms with Crippen LogP contribution in [0, 0.1) is 0 Å². The van der Waals surface area contributed by atoms with Gasteiger partial charge in [-0.05, 0) is 204 Å². The Bertz CT molecular complexity index is 6870. The van der Waals surface area contributed by atoms with Crippen molar-refractivity contribution >= 4 is 118 Å². The Labute approximate surface area is 655 Å². The van der Waals surface area contributed by atoms with E-state index in [1.807, 2.05) is 18.2 Å². The standard InChI is InChI=1S/C104H80BN5/c1-103(2,3)77-40-30-39-73(60-77)74-51-57-91-97(63-74)110(102-89(71-35-16-9-17-36-71)64-78(104(4,5)6)65-90(102)72-37-18-10-19-38-72)100-68-84(108-95-49-28-24-45-87(95)88-46-25-29-50-96(88)108)67-99-101(100)105(91)92-58-56-82(66-98(92)109(99)83-61-75(69-31-12-7-13-32-69)59-76(62-83)70-33-14-8-15-34-70)106(79-41-20-11-21-42-79)80-52-54-81(55-53-80)107-93-47-26-22-43-85(93)86-44-23-27-48-94(86)107/h7-68H,1-6H3/i24D,25D,28D,29D,45D,46D,49D,50D. The minimum Gasteiger partial charge on any atom is -0.311 e. The maximum absolute atomic E-state index is 10.2. The van der Waals surface area contributed by atoms with E-state index in [2.05, 4.69) is 370 Å². The Kier molecular flexibility index (Phi) is 13.8. The SMILES string of the molecule is [2H]c1c([2H])c([2H])c2c(c1[2H])c1c([2H])c([2H])c([2H])c([2H])c1n2-c1cc2c3c(c1)N(c1c(-c4ccccc4)cc(C(C)(C)C)cc1-c1ccccc1)c1cc(-c4cccc(C(C)(C)C)c4)ccc1B3c1ccc(N(c3ccccc3)c3ccc(-n4c5ccccc5c5ccccc54)cc3)cc1N2c1cc(-c2ccccc2)cc(-c2ccccc2)c1. The minimum absolute atomic E-state index is 0.00936. The summed E-state index contributed by atoms with van der Waals surface area (Å²) in [7, 11) is 0. The molecule has 0 saturated heterocycles. The van der Waals surface area contributed by atoms with Crippen molar-refractivity contribution in [2.75, 3.05) is 14.7 Å². The highest BCUT2D eigenvalue weighted by atomic mass is 15.2. The van der Waals surface area contributed by atoms with Gasteiger partial charge < -0.3 is 23.8 Å². The molecule has 524 valence electrons. The van der Waals surface area contributed by atoms with Crippen molar-refractivity contribution in [2.24, 2.45) is 0 Å². The molecule has 0 bridgehead atoms. The molecule has 0 N–H and O–H groups in total. The molecule has 0 amide bonds. The van der Waals surface area contributed by atoms with Gasteiger partial charge in [0.05, 0.1) is 44.4 Å². The van der Waals surface area contributed by atoms with Crippen molar-refractivity contribution < 1.29 is 11.0 Å². The van der Waals surface area contributed by atoms with Gasteiger partial charge in [-0.3, -0.25) is 0 Å². The van der Waals surface area contributed by atoms with E-state index in [1.165, 1.54) is 16.3 Å². The molecule has 16 aromatic carbocycles. The van der Waals surface area contributed by atoms with E-state index in [9.17, 15) is 11.0 Å². The summed E-state index contributed by atoms with van der Waals surface area (Å²) in [5.74, 6) is 0. The number of hydrogen-bond acceptors (Lipinski definition) is 3. The zero-order chi connectivity index (χ0) is 80.9. The highest BCUT2D eigenvalue weighted by Crippen LogP contribution is 2.54. The van der Waals surface area contributed by atoms with Gasteiger partial charge in [0.1, 0.15) is 0 Å². The summed E-state index contributed by atoms with van der Waals surface area (Å²) in [5, 5.41) is 2.32. The number of hydrogen-bond donors (Lipinski definition) is 0. The molecule has 0 radical (unpaired) electrons. The van der Waals surface area contributed by atoms with Gasteiger partial charge in [-0.2, -0.15) is 0 Å². The zero-order valence-corrected chi connectivity index (χ0v) is 62.0. The summed E-state index contributed by atoms with van der Waals surface area (Å²) in [6.45, 7) is 13.0. The Morgan fingerprint density at radius 2 is 0.727 bits per heavy atom. The number of rotatable bonds is 12. The van der Waals surface area contributed by atoms with Gasteiger partial charge in [0, 0.05) is 83.9 Å². The fraction of sp³-hybridized carbons (Fsp3) is 0.0769. The van der Waals surface area contributed by atoms with E-state index < -0.39 is 55.1 Å². The van der Waals surface area contributed by atoms with Gasteiger partial charge in [0.15, 0.2) is 0 Å². The Morgan fingerprint density at radius 3 is 1.28 bits per heavy atom. The van der Waals surface area contributed by atoms with Gasteiger partial charge in [0.2, 0.25) is 0 Å². The van der Waals surface area contributed by atoms with Crippen molar-refractivity contribution in [3.8, 4) is 67.0 Å². The molecule has 20 rings (SSSR count). The van der Waals surface area contributed by atoms with E-state index in [4.69, 9.17) is 0 Å². The highest BCUT2D eigenvalue weighted by Gasteiger charge is 2.46. The third kappa shape index (κ3) is 11.1. The second-order valence-electron chi connectivity index (χ2n) is 31.1. The third-order valence-electron chi connectivity index (χ3n) is 22.4. The fourth-order valence-corrected chi connectivity index (χ4v) is 17.1. The maximum atomic E-state index is 10.2. The van der Waals surface area contributed by atoms with Gasteiger partial charge >= 0.3 is 0 Å². The van der Waals surface area contributed by atoms with E-state index in [1.54, 1.807) is 4.57 Å². The molecule has 0 aliphatic carbocycles. The quantitative estimate of drug-likeness (QED) is 0.114. The zero-order valence-electron chi connectivity index (χ0n) is 70.0. The predicted octanol–water partition coefficient (Wildman–Crippen LogP) is 26.4. The molecule has 0 fully saturated rings. The second-order valence-corrected chi connectivity index (χ2v) is 31.1. The van der Waals surface area contributed by atoms with Crippen LogP contribution in [-0.4, -0.2) is 15.8 Å². The number of para-hydroxylation sites is 5. The average Bonchev–Trinajstić information content (AvgIpc) is 1.35. The van der Waals surface area contributed by atoms with Crippen molar-refractivity contribution in [3.05, 3.63) is 387 Å². The fourth-order valence-electron chi connectivity index (χ4n) is 17.1. The van der Waals surface area contributed by atoms with E-state index in [-0.39, 0.29) is 32.6 Å². The molecule has 2 aliphatic rings. The Hall–Kier alpha value is -13.4. The molecular formula is C104H80BN5. The lowest BCUT2D eigenvalue weighted by Crippen LogP contribution is -2.61. The monoisotopic (exact) mass is 1420 g/mol. The molecule has 0 spiro atoms. The normalized spacial score (nSPS) is 13.6. The van der Waals surface area contributed by atoms with Crippen LogP contribution in [0.25, 0.3) is 111 Å². The van der Waals surface area contributed by atoms with Crippen LogP contribution in [0.3, 0.4) is 0 Å². The molecule has 0 unspecified atom stereocenters. The lowest BCUT2D eigenvalue weighted by Gasteiger charge is -2.46. The first-order valence-corrected chi connectivity index (χ1v) is 37.8. The van der Waals surface area contributed by atoms with Crippen LogP contribution in [0.5, 0.6) is 0 Å². The van der Waals surface area contributed by atoms with Crippen molar-refractivity contribution in [3.63, 3.8) is 0 Å². The van der Waals surface area contributed by atoms with Crippen molar-refractivity contribution in [1.29, 1.82) is 0 Å². The first-order valence-electron chi connectivity index (χ1n) is 41.8. The summed E-state index contributed by atoms with van der Waals surface area (Å²) in [6.07, 6.45) is 0. The lowest BCUT2D eigenvalue weighted by atomic mass is 9.33. The van der Waals surface area contributed by atoms with E-state index >= 15 is 0 Å². The third-order valence-corrected chi connectivity index (χ3v) is 22.4. The molecule has 0 atom stereocenters. The van der Waals surface area contributed by atoms with Gasteiger partial charge in [-0.25, -0.2) is 0 Å². The van der Waals surface area contributed by atoms with E-state index in [0.717, 1.165) is 145 Å². The second kappa shape index (κ2) is 26.2. The van der Waals surface area contributed by atoms with E-state index in [0.29, 0.717) is 5.69 Å². The largest absolute Gasteiger partial charge is 0.311 e. The van der Waals surface area contributed by atoms with Gasteiger partial charge in [0.25, 0.3) is 6.71 Å². The molecule has 0 saturated carbocycles. The highest BCUT2D eigenvalue weighted by molar-refractivity contribution is 7.00. The first kappa shape index (κ1) is 57.8. The number of benzene rings is 16. The van der Waals surface area contributed by atoms with Crippen LogP contribution in [0.4, 0.5) is 51.2 Å². The maximum Gasteiger partial charge on any atom is 0.252 e. The summed E-state index contributed by atoms with van der Waals surface area (Å²) in [4.78, 5) is 7.17. The van der Waals surface area contributed by atoms with Crippen molar-refractivity contribution in [2.45, 2.75) is 52.4 Å². The molecule has 18 aromatic rings.